The van der Waals surface area contributed by atoms with E-state index in [9.17, 15) is 4.79 Å². The zero-order valence-corrected chi connectivity index (χ0v) is 13.0. The van der Waals surface area contributed by atoms with Crippen LogP contribution in [-0.2, 0) is 11.2 Å². The van der Waals surface area contributed by atoms with Gasteiger partial charge in [0.15, 0.2) is 0 Å². The summed E-state index contributed by atoms with van der Waals surface area (Å²) in [4.78, 5) is 11.8. The molecule has 6 heteroatoms. The van der Waals surface area contributed by atoms with Gasteiger partial charge < -0.3 is 4.74 Å². The van der Waals surface area contributed by atoms with Gasteiger partial charge in [0.05, 0.1) is 19.0 Å². The molecule has 1 aromatic heterocycles. The molecule has 0 fully saturated rings. The van der Waals surface area contributed by atoms with Gasteiger partial charge in [-0.05, 0) is 38.0 Å². The van der Waals surface area contributed by atoms with Crippen molar-refractivity contribution in [3.63, 3.8) is 0 Å². The topological polar surface area (TPSA) is 79.4 Å². The quantitative estimate of drug-likeness (QED) is 0.633. The number of para-hydroxylation sites is 1. The summed E-state index contributed by atoms with van der Waals surface area (Å²) >= 11 is 0. The van der Waals surface area contributed by atoms with Crippen molar-refractivity contribution < 1.29 is 9.53 Å². The maximum atomic E-state index is 11.8. The molecule has 0 aliphatic carbocycles. The number of carbonyl (C=O) groups is 1. The number of carbonyl (C=O) groups excluding carboxylic acids is 1. The number of methoxy groups -OCH3 is 1. The molecule has 0 bridgehead atoms. The first kappa shape index (κ1) is 15.8. The fourth-order valence-electron chi connectivity index (χ4n) is 2.18. The van der Waals surface area contributed by atoms with E-state index in [1.54, 1.807) is 13.3 Å². The molecule has 1 heterocycles. The highest BCUT2D eigenvalue weighted by atomic mass is 16.5. The number of nitrogens with zero attached hydrogens (tertiary/aromatic N) is 2. The summed E-state index contributed by atoms with van der Waals surface area (Å²) in [6, 6.07) is 7.47. The molecule has 0 saturated heterocycles. The van der Waals surface area contributed by atoms with Gasteiger partial charge in [-0.3, -0.25) is 9.89 Å². The Morgan fingerprint density at radius 1 is 1.41 bits per heavy atom. The third kappa shape index (κ3) is 3.94. The fraction of sp³-hybridized carbons (Fsp3) is 0.312. The molecule has 2 aromatic rings. The lowest BCUT2D eigenvalue weighted by Crippen LogP contribution is -2.18. The number of aromatic amines is 1. The number of amides is 1. The molecule has 0 aliphatic heterocycles. The number of nitrogens with one attached hydrogen (secondary N) is 2. The van der Waals surface area contributed by atoms with Crippen LogP contribution in [0, 0.1) is 13.8 Å². The molecule has 0 saturated carbocycles. The highest BCUT2D eigenvalue weighted by Gasteiger charge is 2.08. The summed E-state index contributed by atoms with van der Waals surface area (Å²) in [5.74, 6) is 0.580. The van der Waals surface area contributed by atoms with E-state index < -0.39 is 0 Å². The molecule has 0 spiro atoms. The van der Waals surface area contributed by atoms with E-state index in [2.05, 4.69) is 20.7 Å². The number of H-pyrrole nitrogens is 1. The average molecular weight is 300 g/mol. The van der Waals surface area contributed by atoms with Crippen LogP contribution in [0.25, 0.3) is 0 Å². The minimum Gasteiger partial charge on any atom is -0.496 e. The van der Waals surface area contributed by atoms with Crippen molar-refractivity contribution in [1.82, 2.24) is 15.6 Å². The normalized spacial score (nSPS) is 10.9. The second-order valence-corrected chi connectivity index (χ2v) is 4.95. The van der Waals surface area contributed by atoms with Crippen LogP contribution >= 0.6 is 0 Å². The minimum absolute atomic E-state index is 0.133. The van der Waals surface area contributed by atoms with Crippen LogP contribution in [0.3, 0.4) is 0 Å². The van der Waals surface area contributed by atoms with Crippen LogP contribution in [-0.4, -0.2) is 29.4 Å². The lowest BCUT2D eigenvalue weighted by molar-refractivity contribution is -0.121. The highest BCUT2D eigenvalue weighted by Crippen LogP contribution is 2.14. The Morgan fingerprint density at radius 2 is 2.18 bits per heavy atom. The van der Waals surface area contributed by atoms with Gasteiger partial charge in [-0.1, -0.05) is 12.1 Å². The number of hydrazone groups is 1. The van der Waals surface area contributed by atoms with Crippen molar-refractivity contribution in [2.45, 2.75) is 26.7 Å². The Balaban J connectivity index is 1.86. The third-order valence-electron chi connectivity index (χ3n) is 3.41. The standard InChI is InChI=1S/C16H20N4O2/c1-11-14(12(2)19-18-11)8-9-16(21)20-17-10-13-6-4-5-7-15(13)22-3/h4-7,10H,8-9H2,1-3H3,(H,18,19)(H,20,21)/b17-10-. The minimum atomic E-state index is -0.133. The molecule has 0 atom stereocenters. The van der Waals surface area contributed by atoms with Crippen molar-refractivity contribution in [3.8, 4) is 5.75 Å². The van der Waals surface area contributed by atoms with Crippen LogP contribution in [0.15, 0.2) is 29.4 Å². The first-order chi connectivity index (χ1) is 10.6. The molecule has 1 amide bonds. The molecule has 0 radical (unpaired) electrons. The Kier molecular flexibility index (Phi) is 5.30. The number of benzene rings is 1. The van der Waals surface area contributed by atoms with Crippen molar-refractivity contribution >= 4 is 12.1 Å². The maximum Gasteiger partial charge on any atom is 0.240 e. The SMILES string of the molecule is COc1ccccc1/C=N\NC(=O)CCc1c(C)n[nH]c1C. The van der Waals surface area contributed by atoms with Gasteiger partial charge in [-0.15, -0.1) is 0 Å². The smallest absolute Gasteiger partial charge is 0.240 e. The Labute approximate surface area is 129 Å². The molecular weight excluding hydrogens is 280 g/mol. The molecule has 22 heavy (non-hydrogen) atoms. The fourth-order valence-corrected chi connectivity index (χ4v) is 2.18. The van der Waals surface area contributed by atoms with E-state index in [4.69, 9.17) is 4.74 Å². The number of ether oxygens (including phenoxy) is 1. The first-order valence-electron chi connectivity index (χ1n) is 7.07. The zero-order chi connectivity index (χ0) is 15.9. The van der Waals surface area contributed by atoms with Crippen molar-refractivity contribution in [1.29, 1.82) is 0 Å². The van der Waals surface area contributed by atoms with Gasteiger partial charge in [0, 0.05) is 17.7 Å². The summed E-state index contributed by atoms with van der Waals surface area (Å²) in [6.45, 7) is 3.88. The predicted molar refractivity (Wildman–Crippen MR) is 85.1 cm³/mol. The lowest BCUT2D eigenvalue weighted by Gasteiger charge is -2.03. The zero-order valence-electron chi connectivity index (χ0n) is 13.0. The third-order valence-corrected chi connectivity index (χ3v) is 3.41. The number of hydrogen-bond acceptors (Lipinski definition) is 4. The molecule has 0 aliphatic rings. The summed E-state index contributed by atoms with van der Waals surface area (Å²) in [6.07, 6.45) is 2.58. The van der Waals surface area contributed by atoms with Gasteiger partial charge in [0.2, 0.25) is 5.91 Å². The van der Waals surface area contributed by atoms with Gasteiger partial charge >= 0.3 is 0 Å². The maximum absolute atomic E-state index is 11.8. The van der Waals surface area contributed by atoms with E-state index in [1.807, 2.05) is 38.1 Å². The van der Waals surface area contributed by atoms with E-state index in [0.717, 1.165) is 22.5 Å². The van der Waals surface area contributed by atoms with E-state index >= 15 is 0 Å². The lowest BCUT2D eigenvalue weighted by atomic mass is 10.1. The van der Waals surface area contributed by atoms with Crippen LogP contribution in [0.5, 0.6) is 5.75 Å². The Morgan fingerprint density at radius 3 is 2.86 bits per heavy atom. The second kappa shape index (κ2) is 7.40. The predicted octanol–water partition coefficient (Wildman–Crippen LogP) is 2.12. The van der Waals surface area contributed by atoms with Gasteiger partial charge in [0.1, 0.15) is 5.75 Å². The summed E-state index contributed by atoms with van der Waals surface area (Å²) in [7, 11) is 1.60. The van der Waals surface area contributed by atoms with Crippen LogP contribution < -0.4 is 10.2 Å². The van der Waals surface area contributed by atoms with Crippen molar-refractivity contribution in [2.24, 2.45) is 5.10 Å². The van der Waals surface area contributed by atoms with E-state index in [-0.39, 0.29) is 5.91 Å². The second-order valence-electron chi connectivity index (χ2n) is 4.95. The van der Waals surface area contributed by atoms with E-state index in [1.165, 1.54) is 0 Å². The Hall–Kier alpha value is -2.63. The summed E-state index contributed by atoms with van der Waals surface area (Å²) in [5, 5.41) is 11.0. The molecule has 6 nitrogen and oxygen atoms in total. The number of aromatic nitrogens is 2. The van der Waals surface area contributed by atoms with Crippen molar-refractivity contribution in [2.75, 3.05) is 7.11 Å². The molecule has 2 N–H and O–H groups in total. The number of hydrogen-bond donors (Lipinski definition) is 2. The summed E-state index contributed by atoms with van der Waals surface area (Å²) < 4.78 is 5.21. The van der Waals surface area contributed by atoms with Crippen LogP contribution in [0.1, 0.15) is 28.9 Å². The molecule has 0 unspecified atom stereocenters. The van der Waals surface area contributed by atoms with Crippen molar-refractivity contribution in [3.05, 3.63) is 46.8 Å². The average Bonchev–Trinajstić information content (AvgIpc) is 2.84. The van der Waals surface area contributed by atoms with Gasteiger partial charge in [-0.25, -0.2) is 5.43 Å². The molecule has 1 aromatic carbocycles. The number of aryl methyl sites for hydroxylation is 2. The highest BCUT2D eigenvalue weighted by molar-refractivity contribution is 5.85. The summed E-state index contributed by atoms with van der Waals surface area (Å²) in [5.41, 5.74) is 6.36. The van der Waals surface area contributed by atoms with E-state index in [0.29, 0.717) is 18.6 Å². The van der Waals surface area contributed by atoms with Crippen LogP contribution in [0.4, 0.5) is 0 Å². The monoisotopic (exact) mass is 300 g/mol. The first-order valence-corrected chi connectivity index (χ1v) is 7.07. The number of rotatable bonds is 6. The van der Waals surface area contributed by atoms with Gasteiger partial charge in [-0.2, -0.15) is 10.2 Å². The largest absolute Gasteiger partial charge is 0.496 e. The van der Waals surface area contributed by atoms with Crippen LogP contribution in [0.2, 0.25) is 0 Å². The molecular formula is C16H20N4O2. The Bertz CT molecular complexity index is 657. The molecule has 2 rings (SSSR count). The molecule has 116 valence electrons. The van der Waals surface area contributed by atoms with Gasteiger partial charge in [0.25, 0.3) is 0 Å².